The van der Waals surface area contributed by atoms with E-state index in [0.29, 0.717) is 18.8 Å². The summed E-state index contributed by atoms with van der Waals surface area (Å²) < 4.78 is 23.9. The molecule has 0 saturated heterocycles. The molecule has 0 radical (unpaired) electrons. The van der Waals surface area contributed by atoms with Gasteiger partial charge in [0.2, 0.25) is 0 Å². The van der Waals surface area contributed by atoms with Gasteiger partial charge in [-0.3, -0.25) is 4.90 Å². The third-order valence-corrected chi connectivity index (χ3v) is 3.23. The predicted octanol–water partition coefficient (Wildman–Crippen LogP) is 4.12. The Kier molecular flexibility index (Phi) is 7.09. The number of hydrogen-bond acceptors (Lipinski definition) is 4. The Bertz CT molecular complexity index is 535. The van der Waals surface area contributed by atoms with Gasteiger partial charge < -0.3 is 14.8 Å². The maximum atomic E-state index is 13.0. The number of rotatable bonds is 6. The smallest absolute Gasteiger partial charge is 0.412 e. The molecule has 0 spiro atoms. The molecule has 0 bridgehead atoms. The van der Waals surface area contributed by atoms with Crippen molar-refractivity contribution in [3.05, 3.63) is 29.0 Å². The largest absolute Gasteiger partial charge is 0.444 e. The fourth-order valence-corrected chi connectivity index (χ4v) is 1.81. The van der Waals surface area contributed by atoms with Crippen LogP contribution in [0.15, 0.2) is 18.2 Å². The predicted molar refractivity (Wildman–Crippen MR) is 89.3 cm³/mol. The third-order valence-electron chi connectivity index (χ3n) is 2.94. The minimum Gasteiger partial charge on any atom is -0.444 e. The Morgan fingerprint density at radius 2 is 2.09 bits per heavy atom. The molecule has 7 heteroatoms. The van der Waals surface area contributed by atoms with Gasteiger partial charge in [-0.05, 0) is 45.9 Å². The van der Waals surface area contributed by atoms with Crippen molar-refractivity contribution in [3.63, 3.8) is 0 Å². The van der Waals surface area contributed by atoms with Crippen LogP contribution in [-0.2, 0) is 9.47 Å². The van der Waals surface area contributed by atoms with Crippen molar-refractivity contribution >= 4 is 23.4 Å². The normalized spacial score (nSPS) is 12.7. The molecule has 0 fully saturated rings. The number of nitrogens with one attached hydrogen (secondary N) is 1. The van der Waals surface area contributed by atoms with Gasteiger partial charge in [0.1, 0.15) is 17.6 Å². The Balaban J connectivity index is 2.34. The maximum Gasteiger partial charge on any atom is 0.412 e. The summed E-state index contributed by atoms with van der Waals surface area (Å²) in [6.07, 6.45) is -0.869. The monoisotopic (exact) mass is 346 g/mol. The van der Waals surface area contributed by atoms with Crippen molar-refractivity contribution in [2.75, 3.05) is 25.5 Å². The van der Waals surface area contributed by atoms with Gasteiger partial charge in [-0.2, -0.15) is 0 Å². The summed E-state index contributed by atoms with van der Waals surface area (Å²) in [6, 6.07) is 4.40. The van der Waals surface area contributed by atoms with Gasteiger partial charge in [-0.1, -0.05) is 11.6 Å². The summed E-state index contributed by atoms with van der Waals surface area (Å²) in [6.45, 7) is 8.04. The van der Waals surface area contributed by atoms with E-state index in [2.05, 4.69) is 5.32 Å². The van der Waals surface area contributed by atoms with Crippen molar-refractivity contribution < 1.29 is 18.7 Å². The van der Waals surface area contributed by atoms with Crippen LogP contribution in [0.3, 0.4) is 0 Å². The lowest BCUT2D eigenvalue weighted by atomic mass is 10.2. The minimum atomic E-state index is -0.547. The van der Waals surface area contributed by atoms with Crippen LogP contribution in [0, 0.1) is 5.82 Å². The fraction of sp³-hybridized carbons (Fsp3) is 0.562. The van der Waals surface area contributed by atoms with Crippen LogP contribution < -0.4 is 5.32 Å². The summed E-state index contributed by atoms with van der Waals surface area (Å²) in [5.41, 5.74) is 0.155. The molecule has 1 amide bonds. The summed E-state index contributed by atoms with van der Waals surface area (Å²) in [5.74, 6) is -0.457. The first kappa shape index (κ1) is 19.5. The van der Waals surface area contributed by atoms with Gasteiger partial charge in [-0.15, -0.1) is 0 Å². The van der Waals surface area contributed by atoms with E-state index >= 15 is 0 Å². The molecule has 1 unspecified atom stereocenters. The van der Waals surface area contributed by atoms with E-state index in [9.17, 15) is 9.18 Å². The zero-order valence-corrected chi connectivity index (χ0v) is 14.9. The molecule has 0 saturated carbocycles. The number of ether oxygens (including phenoxy) is 2. The molecule has 1 aromatic rings. The van der Waals surface area contributed by atoms with Crippen molar-refractivity contribution in [2.24, 2.45) is 0 Å². The third kappa shape index (κ3) is 7.05. The van der Waals surface area contributed by atoms with Gasteiger partial charge in [0.25, 0.3) is 0 Å². The van der Waals surface area contributed by atoms with Crippen LogP contribution in [0.2, 0.25) is 5.02 Å². The van der Waals surface area contributed by atoms with Gasteiger partial charge in [0.15, 0.2) is 0 Å². The zero-order valence-electron chi connectivity index (χ0n) is 14.2. The summed E-state index contributed by atoms with van der Waals surface area (Å²) in [7, 11) is 1.62. The number of amides is 1. The first-order valence-electron chi connectivity index (χ1n) is 7.36. The van der Waals surface area contributed by atoms with Crippen molar-refractivity contribution in [2.45, 2.75) is 39.5 Å². The van der Waals surface area contributed by atoms with E-state index in [4.69, 9.17) is 21.1 Å². The maximum absolute atomic E-state index is 13.0. The number of halogens is 2. The number of anilines is 1. The lowest BCUT2D eigenvalue weighted by molar-refractivity contribution is -0.0457. The van der Waals surface area contributed by atoms with Crippen LogP contribution >= 0.6 is 11.6 Å². The van der Waals surface area contributed by atoms with E-state index < -0.39 is 23.7 Å². The molecule has 5 nitrogen and oxygen atoms in total. The molecule has 1 aromatic carbocycles. The molecular weight excluding hydrogens is 323 g/mol. The van der Waals surface area contributed by atoms with E-state index in [0.717, 1.165) is 0 Å². The number of hydrogen-bond donors (Lipinski definition) is 1. The number of carbonyl (C=O) groups is 1. The summed E-state index contributed by atoms with van der Waals surface area (Å²) in [5, 5.41) is 3.13. The van der Waals surface area contributed by atoms with Crippen molar-refractivity contribution in [3.8, 4) is 0 Å². The van der Waals surface area contributed by atoms with E-state index in [1.807, 2.05) is 20.8 Å². The van der Waals surface area contributed by atoms with Crippen LogP contribution in [0.25, 0.3) is 0 Å². The molecule has 1 N–H and O–H groups in total. The average molecular weight is 347 g/mol. The molecule has 1 rings (SSSR count). The van der Waals surface area contributed by atoms with Crippen LogP contribution in [0.1, 0.15) is 27.7 Å². The summed E-state index contributed by atoms with van der Waals surface area (Å²) in [4.78, 5) is 13.3. The van der Waals surface area contributed by atoms with Gasteiger partial charge in [0, 0.05) is 19.3 Å². The molecular formula is C16H24ClFN2O3. The summed E-state index contributed by atoms with van der Waals surface area (Å²) >= 11 is 5.70. The van der Waals surface area contributed by atoms with Gasteiger partial charge in [0.05, 0.1) is 11.6 Å². The number of benzene rings is 1. The van der Waals surface area contributed by atoms with E-state index in [1.165, 1.54) is 17.0 Å². The lowest BCUT2D eigenvalue weighted by Crippen LogP contribution is -2.41. The first-order valence-corrected chi connectivity index (χ1v) is 7.74. The molecule has 0 aliphatic rings. The highest BCUT2D eigenvalue weighted by Gasteiger charge is 2.23. The Morgan fingerprint density at radius 1 is 1.43 bits per heavy atom. The molecule has 23 heavy (non-hydrogen) atoms. The Morgan fingerprint density at radius 3 is 2.65 bits per heavy atom. The van der Waals surface area contributed by atoms with Crippen molar-refractivity contribution in [1.82, 2.24) is 4.90 Å². The Labute approximate surface area is 141 Å². The molecule has 1 atom stereocenters. The van der Waals surface area contributed by atoms with Crippen molar-refractivity contribution in [1.29, 1.82) is 0 Å². The highest BCUT2D eigenvalue weighted by atomic mass is 35.5. The molecule has 0 aromatic heterocycles. The number of nitrogens with zero attached hydrogens (tertiary/aromatic N) is 1. The van der Waals surface area contributed by atoms with Crippen LogP contribution in [0.5, 0.6) is 0 Å². The van der Waals surface area contributed by atoms with Crippen LogP contribution in [-0.4, -0.2) is 43.0 Å². The SMILES string of the molecule is CC(OCCNc1ccc(F)c(Cl)c1)N(C)C(=O)OC(C)(C)C. The topological polar surface area (TPSA) is 50.8 Å². The van der Waals surface area contributed by atoms with E-state index in [1.54, 1.807) is 20.0 Å². The van der Waals surface area contributed by atoms with E-state index in [-0.39, 0.29) is 5.02 Å². The second-order valence-electron chi connectivity index (χ2n) is 6.12. The fourth-order valence-electron chi connectivity index (χ4n) is 1.63. The standard InChI is InChI=1S/C16H24ClFN2O3/c1-11(20(5)15(21)23-16(2,3)4)22-9-8-19-12-6-7-14(18)13(17)10-12/h6-7,10-11,19H,8-9H2,1-5H3. The molecule has 0 aliphatic heterocycles. The average Bonchev–Trinajstić information content (AvgIpc) is 2.44. The highest BCUT2D eigenvalue weighted by molar-refractivity contribution is 6.31. The highest BCUT2D eigenvalue weighted by Crippen LogP contribution is 2.19. The van der Waals surface area contributed by atoms with Gasteiger partial charge >= 0.3 is 6.09 Å². The first-order chi connectivity index (χ1) is 10.6. The quantitative estimate of drug-likeness (QED) is 0.621. The zero-order chi connectivity index (χ0) is 17.6. The molecule has 0 aliphatic carbocycles. The minimum absolute atomic E-state index is 0.0638. The second kappa shape index (κ2) is 8.36. The molecule has 130 valence electrons. The number of carbonyl (C=O) groups excluding carboxylic acids is 1. The van der Waals surface area contributed by atoms with Gasteiger partial charge in [-0.25, -0.2) is 9.18 Å². The second-order valence-corrected chi connectivity index (χ2v) is 6.52. The lowest BCUT2D eigenvalue weighted by Gasteiger charge is -2.28. The van der Waals surface area contributed by atoms with Crippen LogP contribution in [0.4, 0.5) is 14.9 Å². The molecule has 0 heterocycles. The Hall–Kier alpha value is -1.53.